The Morgan fingerprint density at radius 3 is 2.72 bits per heavy atom. The van der Waals surface area contributed by atoms with E-state index in [0.29, 0.717) is 30.3 Å². The van der Waals surface area contributed by atoms with E-state index in [1.807, 2.05) is 6.92 Å². The number of hydrogen-bond acceptors (Lipinski definition) is 9. The number of carbonyl (C=O) groups is 1. The summed E-state index contributed by atoms with van der Waals surface area (Å²) in [6.07, 6.45) is 2.06. The van der Waals surface area contributed by atoms with Crippen molar-refractivity contribution in [2.24, 2.45) is 5.16 Å². The maximum absolute atomic E-state index is 12.9. The lowest BCUT2D eigenvalue weighted by Crippen LogP contribution is -2.33. The van der Waals surface area contributed by atoms with E-state index in [1.54, 1.807) is 13.1 Å². The summed E-state index contributed by atoms with van der Waals surface area (Å²) in [4.78, 5) is 23.5. The van der Waals surface area contributed by atoms with Crippen LogP contribution in [0.3, 0.4) is 0 Å². The molecule has 1 aromatic heterocycles. The van der Waals surface area contributed by atoms with Gasteiger partial charge in [-0.05, 0) is 19.1 Å². The molecule has 1 atom stereocenters. The number of rotatable bonds is 10. The van der Waals surface area contributed by atoms with Crippen molar-refractivity contribution in [3.8, 4) is 0 Å². The number of hydrogen-bond donors (Lipinski definition) is 2. The van der Waals surface area contributed by atoms with Gasteiger partial charge in [-0.3, -0.25) is 10.1 Å². The summed E-state index contributed by atoms with van der Waals surface area (Å²) in [5.41, 5.74) is 0.384. The number of ether oxygens (including phenoxy) is 1. The van der Waals surface area contributed by atoms with Crippen molar-refractivity contribution in [2.75, 3.05) is 38.2 Å². The van der Waals surface area contributed by atoms with E-state index in [1.165, 1.54) is 39.9 Å². The van der Waals surface area contributed by atoms with E-state index in [2.05, 4.69) is 15.5 Å². The van der Waals surface area contributed by atoms with Gasteiger partial charge < -0.3 is 14.7 Å². The molecule has 0 aliphatic carbocycles. The molecule has 32 heavy (non-hydrogen) atoms. The van der Waals surface area contributed by atoms with E-state index in [4.69, 9.17) is 14.7 Å². The predicted octanol–water partition coefficient (Wildman–Crippen LogP) is 1.60. The highest BCUT2D eigenvalue weighted by atomic mass is 32.2. The summed E-state index contributed by atoms with van der Waals surface area (Å²) < 4.78 is 32.0. The van der Waals surface area contributed by atoms with Crippen molar-refractivity contribution in [1.82, 2.24) is 9.29 Å². The van der Waals surface area contributed by atoms with Crippen molar-refractivity contribution in [3.05, 3.63) is 40.9 Å². The first-order valence-electron chi connectivity index (χ1n) is 10.1. The van der Waals surface area contributed by atoms with Gasteiger partial charge in [0.05, 0.1) is 24.7 Å². The molecule has 0 bridgehead atoms. The third kappa shape index (κ3) is 5.90. The molecule has 1 fully saturated rings. The normalized spacial score (nSPS) is 17.0. The van der Waals surface area contributed by atoms with E-state index < -0.39 is 15.9 Å². The third-order valence-corrected chi connectivity index (χ3v) is 7.52. The Balaban J connectivity index is 1.86. The average Bonchev–Trinajstić information content (AvgIpc) is 3.44. The lowest BCUT2D eigenvalue weighted by atomic mass is 10.1. The molecule has 174 valence electrons. The van der Waals surface area contributed by atoms with Gasteiger partial charge in [-0.2, -0.15) is 4.31 Å². The van der Waals surface area contributed by atoms with E-state index in [9.17, 15) is 13.2 Å². The van der Waals surface area contributed by atoms with Gasteiger partial charge in [-0.15, -0.1) is 11.3 Å². The van der Waals surface area contributed by atoms with Gasteiger partial charge in [-0.1, -0.05) is 24.2 Å². The number of nitrogens with one attached hydrogen (secondary N) is 1. The van der Waals surface area contributed by atoms with E-state index in [0.717, 1.165) is 4.88 Å². The topological polar surface area (TPSA) is 130 Å². The number of aliphatic hydroxyl groups excluding tert-OH is 1. The lowest BCUT2D eigenvalue weighted by Gasteiger charge is -2.19. The van der Waals surface area contributed by atoms with E-state index in [-0.39, 0.29) is 36.4 Å². The minimum absolute atomic E-state index is 0.000227. The van der Waals surface area contributed by atoms with Crippen molar-refractivity contribution in [3.63, 3.8) is 0 Å². The quantitative estimate of drug-likeness (QED) is 0.388. The van der Waals surface area contributed by atoms with Crippen LogP contribution in [0.1, 0.15) is 23.8 Å². The van der Waals surface area contributed by atoms with Gasteiger partial charge in [0, 0.05) is 36.1 Å². The van der Waals surface area contributed by atoms with Crippen molar-refractivity contribution < 1.29 is 27.9 Å². The molecule has 2 N–H and O–H groups in total. The van der Waals surface area contributed by atoms with Gasteiger partial charge in [0.25, 0.3) is 5.91 Å². The molecule has 2 aromatic rings. The molecule has 1 aromatic carbocycles. The first-order chi connectivity index (χ1) is 15.3. The molecule has 0 saturated carbocycles. The first-order valence-corrected chi connectivity index (χ1v) is 12.4. The Kier molecular flexibility index (Phi) is 8.32. The molecule has 10 nitrogen and oxygen atoms in total. The number of benzene rings is 1. The zero-order valence-electron chi connectivity index (χ0n) is 17.9. The number of aromatic nitrogens is 1. The monoisotopic (exact) mass is 482 g/mol. The molecule has 0 unspecified atom stereocenters. The predicted molar refractivity (Wildman–Crippen MR) is 120 cm³/mol. The third-order valence-electron chi connectivity index (χ3n) is 4.71. The van der Waals surface area contributed by atoms with Crippen LogP contribution in [0.5, 0.6) is 0 Å². The van der Waals surface area contributed by atoms with Crippen LogP contribution >= 0.6 is 11.3 Å². The highest BCUT2D eigenvalue weighted by molar-refractivity contribution is 7.89. The summed E-state index contributed by atoms with van der Waals surface area (Å²) in [7, 11) is -3.77. The molecule has 1 amide bonds. The molecule has 1 aliphatic rings. The second-order valence-electron chi connectivity index (χ2n) is 7.01. The Hall–Kier alpha value is -2.38. The second-order valence-corrected chi connectivity index (χ2v) is 10.2. The molecular formula is C20H26N4O6S2. The number of aryl methyl sites for hydroxylation is 1. The fraction of sp³-hybridized carbons (Fsp3) is 0.450. The Morgan fingerprint density at radius 1 is 1.41 bits per heavy atom. The van der Waals surface area contributed by atoms with Crippen LogP contribution < -0.4 is 5.32 Å². The number of nitrogens with zero attached hydrogens (tertiary/aromatic N) is 3. The number of oxime groups is 1. The van der Waals surface area contributed by atoms with Crippen LogP contribution in [-0.2, 0) is 24.4 Å². The molecule has 12 heteroatoms. The Morgan fingerprint density at radius 2 is 2.16 bits per heavy atom. The number of sulfonamides is 1. The van der Waals surface area contributed by atoms with Gasteiger partial charge in [-0.25, -0.2) is 13.4 Å². The molecule has 1 saturated heterocycles. The second kappa shape index (κ2) is 11.0. The van der Waals surface area contributed by atoms with Gasteiger partial charge in [0.2, 0.25) is 10.0 Å². The number of anilines is 1. The largest absolute Gasteiger partial charge is 0.395 e. The molecule has 0 spiro atoms. The maximum Gasteiger partial charge on any atom is 0.280 e. The first kappa shape index (κ1) is 24.3. The summed E-state index contributed by atoms with van der Waals surface area (Å²) in [6.45, 7) is 4.47. The Labute approximate surface area is 190 Å². The minimum atomic E-state index is -3.77. The number of carbonyl (C=O) groups excluding carboxylic acids is 1. The molecule has 1 aliphatic heterocycles. The zero-order chi connectivity index (χ0) is 23.1. The number of thiazole rings is 1. The summed E-state index contributed by atoms with van der Waals surface area (Å²) in [5, 5.41) is 16.3. The summed E-state index contributed by atoms with van der Waals surface area (Å²) >= 11 is 1.32. The lowest BCUT2D eigenvalue weighted by molar-refractivity contribution is -0.110. The number of likely N-dealkylation sites (N-methyl/N-ethyl adjacent to an activating group) is 1. The van der Waals surface area contributed by atoms with Crippen LogP contribution in [0.4, 0.5) is 5.13 Å². The SMILES string of the molecule is CCN(CCO)S(=O)(=O)c1ccc(C(=NO[C@@H]2CCOC2)C(=O)Nc2ncc(C)s2)cc1. The van der Waals surface area contributed by atoms with Crippen LogP contribution in [0.15, 0.2) is 40.5 Å². The fourth-order valence-corrected chi connectivity index (χ4v) is 5.11. The van der Waals surface area contributed by atoms with Crippen molar-refractivity contribution >= 4 is 38.1 Å². The Bertz CT molecular complexity index is 1050. The number of aliphatic hydroxyl groups is 1. The average molecular weight is 483 g/mol. The van der Waals surface area contributed by atoms with Crippen LogP contribution in [0.25, 0.3) is 0 Å². The maximum atomic E-state index is 12.9. The highest BCUT2D eigenvalue weighted by Gasteiger charge is 2.24. The molecule has 2 heterocycles. The zero-order valence-corrected chi connectivity index (χ0v) is 19.5. The van der Waals surface area contributed by atoms with E-state index >= 15 is 0 Å². The molecular weight excluding hydrogens is 456 g/mol. The smallest absolute Gasteiger partial charge is 0.280 e. The summed E-state index contributed by atoms with van der Waals surface area (Å²) in [5.74, 6) is -0.524. The van der Waals surface area contributed by atoms with Gasteiger partial charge >= 0.3 is 0 Å². The van der Waals surface area contributed by atoms with Gasteiger partial charge in [0.1, 0.15) is 0 Å². The highest BCUT2D eigenvalue weighted by Crippen LogP contribution is 2.20. The fourth-order valence-electron chi connectivity index (χ4n) is 3.01. The van der Waals surface area contributed by atoms with Crippen molar-refractivity contribution in [2.45, 2.75) is 31.3 Å². The number of amides is 1. The van der Waals surface area contributed by atoms with Crippen molar-refractivity contribution in [1.29, 1.82) is 0 Å². The van der Waals surface area contributed by atoms with Crippen LogP contribution in [0.2, 0.25) is 0 Å². The summed E-state index contributed by atoms with van der Waals surface area (Å²) in [6, 6.07) is 5.80. The van der Waals surface area contributed by atoms with Crippen LogP contribution in [-0.4, -0.2) is 73.4 Å². The van der Waals surface area contributed by atoms with Crippen LogP contribution in [0, 0.1) is 6.92 Å². The minimum Gasteiger partial charge on any atom is -0.395 e. The standard InChI is InChI=1S/C20H26N4O6S2/c1-3-24(9-10-25)32(27,28)17-6-4-15(5-7-17)18(23-30-16-8-11-29-13-16)19(26)22-20-21-12-14(2)31-20/h4-7,12,16,25H,3,8-11,13H2,1-2H3,(H,21,22,26)/t16-/m1/s1. The van der Waals surface area contributed by atoms with Gasteiger partial charge in [0.15, 0.2) is 16.9 Å². The molecule has 0 radical (unpaired) electrons. The molecule has 3 rings (SSSR count).